The minimum Gasteiger partial charge on any atom is -0.486 e. The molecule has 3 aliphatic heterocycles. The van der Waals surface area contributed by atoms with Crippen LogP contribution in [0, 0.1) is 5.92 Å². The van der Waals surface area contributed by atoms with E-state index in [4.69, 9.17) is 31.7 Å². The number of rotatable bonds is 5. The molecular formula is C29H34N6O2S. The smallest absolute Gasteiger partial charge is 0.232 e. The monoisotopic (exact) mass is 530 g/mol. The largest absolute Gasteiger partial charge is 0.486 e. The summed E-state index contributed by atoms with van der Waals surface area (Å²) in [6.07, 6.45) is 3.36. The normalized spacial score (nSPS) is 17.1. The molecular weight excluding hydrogens is 496 g/mol. The van der Waals surface area contributed by atoms with Crippen molar-refractivity contribution in [1.29, 1.82) is 0 Å². The fourth-order valence-corrected chi connectivity index (χ4v) is 5.42. The van der Waals surface area contributed by atoms with Crippen molar-refractivity contribution < 1.29 is 9.47 Å². The van der Waals surface area contributed by atoms with Gasteiger partial charge in [-0.05, 0) is 66.2 Å². The van der Waals surface area contributed by atoms with Crippen LogP contribution in [0.3, 0.4) is 0 Å². The summed E-state index contributed by atoms with van der Waals surface area (Å²) in [5.74, 6) is 4.72. The maximum absolute atomic E-state index is 5.71. The molecule has 0 bridgehead atoms. The van der Waals surface area contributed by atoms with E-state index in [1.54, 1.807) is 0 Å². The van der Waals surface area contributed by atoms with Gasteiger partial charge in [0.25, 0.3) is 0 Å². The summed E-state index contributed by atoms with van der Waals surface area (Å²) >= 11 is 5.64. The van der Waals surface area contributed by atoms with Crippen molar-refractivity contribution in [2.45, 2.75) is 39.3 Å². The molecule has 3 aliphatic rings. The van der Waals surface area contributed by atoms with Gasteiger partial charge in [0.05, 0.1) is 0 Å². The van der Waals surface area contributed by atoms with Gasteiger partial charge in [-0.15, -0.1) is 0 Å². The third kappa shape index (κ3) is 5.62. The minimum atomic E-state index is 0.485. The van der Waals surface area contributed by atoms with Gasteiger partial charge in [-0.3, -0.25) is 0 Å². The van der Waals surface area contributed by atoms with Crippen molar-refractivity contribution in [3.63, 3.8) is 0 Å². The van der Waals surface area contributed by atoms with Gasteiger partial charge in [-0.25, -0.2) is 0 Å². The molecule has 4 heterocycles. The molecule has 0 saturated carbocycles. The number of aromatic nitrogens is 2. The molecule has 38 heavy (non-hydrogen) atoms. The van der Waals surface area contributed by atoms with Crippen LogP contribution in [0.2, 0.25) is 0 Å². The minimum absolute atomic E-state index is 0.485. The number of anilines is 3. The van der Waals surface area contributed by atoms with Gasteiger partial charge in [0.1, 0.15) is 24.8 Å². The van der Waals surface area contributed by atoms with Crippen LogP contribution in [0.15, 0.2) is 48.5 Å². The number of thiocarbonyl (C=S) groups is 1. The maximum Gasteiger partial charge on any atom is 0.232 e. The van der Waals surface area contributed by atoms with Crippen molar-refractivity contribution in [3.8, 4) is 11.5 Å². The first kappa shape index (κ1) is 24.7. The Kier molecular flexibility index (Phi) is 7.18. The van der Waals surface area contributed by atoms with E-state index in [0.717, 1.165) is 67.2 Å². The highest BCUT2D eigenvalue weighted by Gasteiger charge is 2.22. The standard InChI is InChI=1S/C29H34N6O2S/c1-20-8-11-34(12-9-20)26-17-27(35-13-10-22-4-2-3-5-23(22)19-35)32-28(31-26)33-29(38)30-18-21-6-7-24-25(16-21)37-15-14-36-24/h2-7,16-17,20H,8-15,18-19H2,1H3,(H2,30,31,32,33,38). The first-order valence-corrected chi connectivity index (χ1v) is 13.9. The highest BCUT2D eigenvalue weighted by molar-refractivity contribution is 7.80. The van der Waals surface area contributed by atoms with E-state index in [9.17, 15) is 0 Å². The van der Waals surface area contributed by atoms with Crippen molar-refractivity contribution in [2.75, 3.05) is 48.0 Å². The van der Waals surface area contributed by atoms with Gasteiger partial charge >= 0.3 is 0 Å². The number of nitrogens with zero attached hydrogens (tertiary/aromatic N) is 4. The molecule has 0 atom stereocenters. The molecule has 8 nitrogen and oxygen atoms in total. The summed E-state index contributed by atoms with van der Waals surface area (Å²) in [5.41, 5.74) is 3.84. The highest BCUT2D eigenvalue weighted by Crippen LogP contribution is 2.31. The molecule has 0 amide bonds. The van der Waals surface area contributed by atoms with Gasteiger partial charge in [-0.2, -0.15) is 9.97 Å². The zero-order chi connectivity index (χ0) is 25.9. The number of benzene rings is 2. The van der Waals surface area contributed by atoms with Crippen LogP contribution in [-0.2, 0) is 19.5 Å². The fraction of sp³-hybridized carbons (Fsp3) is 0.414. The van der Waals surface area contributed by atoms with Gasteiger partial charge in [-0.1, -0.05) is 37.3 Å². The van der Waals surface area contributed by atoms with E-state index in [0.29, 0.717) is 30.8 Å². The second-order valence-corrected chi connectivity index (χ2v) is 10.7. The molecule has 0 spiro atoms. The van der Waals surface area contributed by atoms with Gasteiger partial charge < -0.3 is 29.9 Å². The van der Waals surface area contributed by atoms with Crippen LogP contribution in [0.4, 0.5) is 17.6 Å². The molecule has 3 aromatic rings. The van der Waals surface area contributed by atoms with E-state index >= 15 is 0 Å². The second kappa shape index (κ2) is 11.0. The molecule has 2 N–H and O–H groups in total. The summed E-state index contributed by atoms with van der Waals surface area (Å²) in [7, 11) is 0. The predicted molar refractivity (Wildman–Crippen MR) is 154 cm³/mol. The van der Waals surface area contributed by atoms with Gasteiger partial charge in [0.2, 0.25) is 5.95 Å². The molecule has 0 aliphatic carbocycles. The number of piperidine rings is 1. The van der Waals surface area contributed by atoms with Gasteiger partial charge in [0, 0.05) is 38.8 Å². The van der Waals surface area contributed by atoms with Crippen LogP contribution < -0.4 is 29.9 Å². The molecule has 1 saturated heterocycles. The Labute approximate surface area is 229 Å². The lowest BCUT2D eigenvalue weighted by Crippen LogP contribution is -2.35. The average molecular weight is 531 g/mol. The maximum atomic E-state index is 5.71. The second-order valence-electron chi connectivity index (χ2n) is 10.3. The summed E-state index contributed by atoms with van der Waals surface area (Å²) in [4.78, 5) is 14.5. The zero-order valence-electron chi connectivity index (χ0n) is 21.8. The summed E-state index contributed by atoms with van der Waals surface area (Å²) in [6.45, 7) is 7.82. The van der Waals surface area contributed by atoms with Crippen molar-refractivity contribution in [1.82, 2.24) is 15.3 Å². The summed E-state index contributed by atoms with van der Waals surface area (Å²) in [5, 5.41) is 7.02. The molecule has 198 valence electrons. The Hall–Kier alpha value is -3.59. The van der Waals surface area contributed by atoms with Crippen LogP contribution >= 0.6 is 12.2 Å². The molecule has 0 unspecified atom stereocenters. The predicted octanol–water partition coefficient (Wildman–Crippen LogP) is 4.53. The SMILES string of the molecule is CC1CCN(c2cc(N3CCc4ccccc4C3)nc(NC(=S)NCc3ccc4c(c3)OCCO4)n2)CC1. The Morgan fingerprint density at radius 2 is 1.66 bits per heavy atom. The van der Waals surface area contributed by atoms with E-state index in [-0.39, 0.29) is 0 Å². The van der Waals surface area contributed by atoms with Gasteiger partial charge in [0.15, 0.2) is 16.6 Å². The third-order valence-corrected chi connectivity index (χ3v) is 7.79. The van der Waals surface area contributed by atoms with E-state index in [1.165, 1.54) is 24.0 Å². The van der Waals surface area contributed by atoms with E-state index in [1.807, 2.05) is 18.2 Å². The average Bonchev–Trinajstić information content (AvgIpc) is 2.96. The van der Waals surface area contributed by atoms with Crippen LogP contribution in [-0.4, -0.2) is 47.9 Å². The van der Waals surface area contributed by atoms with E-state index in [2.05, 4.69) is 57.7 Å². The molecule has 9 heteroatoms. The first-order chi connectivity index (χ1) is 18.6. The van der Waals surface area contributed by atoms with Crippen molar-refractivity contribution in [2.24, 2.45) is 5.92 Å². The Morgan fingerprint density at radius 3 is 2.47 bits per heavy atom. The number of nitrogens with one attached hydrogen (secondary N) is 2. The summed E-state index contributed by atoms with van der Waals surface area (Å²) in [6, 6.07) is 16.8. The number of ether oxygens (including phenoxy) is 2. The molecule has 1 fully saturated rings. The molecule has 0 radical (unpaired) electrons. The molecule has 6 rings (SSSR count). The van der Waals surface area contributed by atoms with E-state index < -0.39 is 0 Å². The molecule has 2 aromatic carbocycles. The van der Waals surface area contributed by atoms with Crippen molar-refractivity contribution in [3.05, 3.63) is 65.2 Å². The van der Waals surface area contributed by atoms with Crippen LogP contribution in [0.5, 0.6) is 11.5 Å². The van der Waals surface area contributed by atoms with Crippen LogP contribution in [0.25, 0.3) is 0 Å². The number of hydrogen-bond donors (Lipinski definition) is 2. The topological polar surface area (TPSA) is 74.8 Å². The zero-order valence-corrected chi connectivity index (χ0v) is 22.6. The number of fused-ring (bicyclic) bond motifs is 2. The van der Waals surface area contributed by atoms with Crippen LogP contribution in [0.1, 0.15) is 36.5 Å². The lowest BCUT2D eigenvalue weighted by molar-refractivity contribution is 0.171. The third-order valence-electron chi connectivity index (χ3n) is 7.55. The Morgan fingerprint density at radius 1 is 0.921 bits per heavy atom. The Balaban J connectivity index is 1.18. The lowest BCUT2D eigenvalue weighted by Gasteiger charge is -2.33. The Bertz CT molecular complexity index is 1310. The quantitative estimate of drug-likeness (QED) is 0.463. The fourth-order valence-electron chi connectivity index (χ4n) is 5.26. The first-order valence-electron chi connectivity index (χ1n) is 13.5. The lowest BCUT2D eigenvalue weighted by atomic mass is 9.99. The van der Waals surface area contributed by atoms with Crippen molar-refractivity contribution >= 4 is 34.9 Å². The highest BCUT2D eigenvalue weighted by atomic mass is 32.1. The number of hydrogen-bond acceptors (Lipinski definition) is 7. The summed E-state index contributed by atoms with van der Waals surface area (Å²) < 4.78 is 11.3. The molecule has 1 aromatic heterocycles.